The minimum atomic E-state index is -0.341. The molecule has 0 saturated carbocycles. The van der Waals surface area contributed by atoms with Crippen molar-refractivity contribution in [2.75, 3.05) is 0 Å². The molecule has 0 aliphatic heterocycles. The lowest BCUT2D eigenvalue weighted by Crippen LogP contribution is -2.20. The third-order valence-corrected chi connectivity index (χ3v) is 3.88. The average Bonchev–Trinajstić information content (AvgIpc) is 2.45. The van der Waals surface area contributed by atoms with Crippen LogP contribution in [0, 0.1) is 17.3 Å². The van der Waals surface area contributed by atoms with E-state index in [1.807, 2.05) is 45.0 Å². The first-order valence-corrected chi connectivity index (χ1v) is 8.20. The van der Waals surface area contributed by atoms with Crippen LogP contribution in [0.3, 0.4) is 0 Å². The van der Waals surface area contributed by atoms with E-state index in [2.05, 4.69) is 11.8 Å². The van der Waals surface area contributed by atoms with Crippen molar-refractivity contribution in [2.45, 2.75) is 65.6 Å². The standard InChI is InChI=1S/C20H26O2/c1-20(2,3)19(21)17-13-11-16(12-14-17)15-22-18-9-7-5-4-6-8-10-18/h11-14,18H,4-7,9,15H2,1-3H3. The molecule has 2 heteroatoms. The zero-order valence-corrected chi connectivity index (χ0v) is 13.9. The summed E-state index contributed by atoms with van der Waals surface area (Å²) in [5, 5.41) is 0. The predicted octanol–water partition coefficient (Wildman–Crippen LogP) is 4.77. The molecule has 0 spiro atoms. The summed E-state index contributed by atoms with van der Waals surface area (Å²) in [7, 11) is 0. The van der Waals surface area contributed by atoms with Crippen LogP contribution in [0.4, 0.5) is 0 Å². The van der Waals surface area contributed by atoms with Crippen molar-refractivity contribution < 1.29 is 9.53 Å². The summed E-state index contributed by atoms with van der Waals surface area (Å²) in [6.07, 6.45) is 5.72. The van der Waals surface area contributed by atoms with Crippen LogP contribution in [0.5, 0.6) is 0 Å². The molecule has 1 unspecified atom stereocenters. The van der Waals surface area contributed by atoms with Gasteiger partial charge in [0, 0.05) is 17.4 Å². The third-order valence-electron chi connectivity index (χ3n) is 3.88. The summed E-state index contributed by atoms with van der Waals surface area (Å²) in [6, 6.07) is 7.76. The van der Waals surface area contributed by atoms with Crippen molar-refractivity contribution in [3.05, 3.63) is 35.4 Å². The largest absolute Gasteiger partial charge is 0.361 e. The lowest BCUT2D eigenvalue weighted by Gasteiger charge is -2.17. The lowest BCUT2D eigenvalue weighted by molar-refractivity contribution is 0.0703. The van der Waals surface area contributed by atoms with Gasteiger partial charge in [-0.05, 0) is 24.8 Å². The summed E-state index contributed by atoms with van der Waals surface area (Å²) in [5.41, 5.74) is 1.52. The first-order chi connectivity index (χ1) is 10.5. The van der Waals surface area contributed by atoms with E-state index in [0.717, 1.165) is 24.0 Å². The molecule has 0 saturated heterocycles. The Kier molecular flexibility index (Phi) is 5.80. The van der Waals surface area contributed by atoms with Crippen molar-refractivity contribution in [3.63, 3.8) is 0 Å². The maximum Gasteiger partial charge on any atom is 0.168 e. The second-order valence-corrected chi connectivity index (χ2v) is 7.00. The van der Waals surface area contributed by atoms with Gasteiger partial charge in [0.1, 0.15) is 6.10 Å². The molecule has 2 nitrogen and oxygen atoms in total. The molecule has 0 fully saturated rings. The zero-order chi connectivity index (χ0) is 16.0. The van der Waals surface area contributed by atoms with Crippen molar-refractivity contribution in [1.82, 2.24) is 0 Å². The highest BCUT2D eigenvalue weighted by Crippen LogP contribution is 2.21. The third kappa shape index (κ3) is 5.00. The van der Waals surface area contributed by atoms with Crippen molar-refractivity contribution in [3.8, 4) is 11.8 Å². The Hall–Kier alpha value is -1.59. The number of ketones is 1. The van der Waals surface area contributed by atoms with Crippen LogP contribution in [0.25, 0.3) is 0 Å². The molecule has 1 aromatic carbocycles. The quantitative estimate of drug-likeness (QED) is 0.591. The number of Topliss-reactive ketones (excluding diaryl/α,β-unsaturated/α-hetero) is 1. The Balaban J connectivity index is 1.92. The van der Waals surface area contributed by atoms with Crippen LogP contribution in [0.1, 0.15) is 68.8 Å². The van der Waals surface area contributed by atoms with Crippen molar-refractivity contribution in [2.24, 2.45) is 5.41 Å². The van der Waals surface area contributed by atoms with Crippen LogP contribution >= 0.6 is 0 Å². The van der Waals surface area contributed by atoms with Crippen LogP contribution in [0.2, 0.25) is 0 Å². The molecule has 1 aliphatic rings. The first kappa shape index (κ1) is 16.8. The van der Waals surface area contributed by atoms with Gasteiger partial charge >= 0.3 is 0 Å². The van der Waals surface area contributed by atoms with E-state index in [4.69, 9.17) is 4.74 Å². The molecule has 1 atom stereocenters. The van der Waals surface area contributed by atoms with Crippen LogP contribution in [-0.4, -0.2) is 11.9 Å². The monoisotopic (exact) mass is 298 g/mol. The molecule has 2 rings (SSSR count). The van der Waals surface area contributed by atoms with Gasteiger partial charge in [-0.3, -0.25) is 4.79 Å². The molecular formula is C20H26O2. The normalized spacial score (nSPS) is 18.8. The van der Waals surface area contributed by atoms with Crippen LogP contribution in [0.15, 0.2) is 24.3 Å². The number of benzene rings is 1. The molecule has 22 heavy (non-hydrogen) atoms. The van der Waals surface area contributed by atoms with E-state index in [9.17, 15) is 4.79 Å². The topological polar surface area (TPSA) is 26.3 Å². The predicted molar refractivity (Wildman–Crippen MR) is 89.7 cm³/mol. The highest BCUT2D eigenvalue weighted by atomic mass is 16.5. The highest BCUT2D eigenvalue weighted by Gasteiger charge is 2.22. The Morgan fingerprint density at radius 1 is 1.18 bits per heavy atom. The Morgan fingerprint density at radius 3 is 2.59 bits per heavy atom. The second kappa shape index (κ2) is 7.61. The molecule has 0 amide bonds. The minimum Gasteiger partial charge on any atom is -0.361 e. The van der Waals surface area contributed by atoms with Gasteiger partial charge in [-0.15, -0.1) is 5.92 Å². The van der Waals surface area contributed by atoms with Crippen LogP contribution in [-0.2, 0) is 11.3 Å². The van der Waals surface area contributed by atoms with Gasteiger partial charge in [0.2, 0.25) is 0 Å². The first-order valence-electron chi connectivity index (χ1n) is 8.20. The number of carbonyl (C=O) groups excluding carboxylic acids is 1. The molecule has 0 radical (unpaired) electrons. The summed E-state index contributed by atoms with van der Waals surface area (Å²) < 4.78 is 5.91. The number of hydrogen-bond donors (Lipinski definition) is 0. The van der Waals surface area contributed by atoms with E-state index < -0.39 is 0 Å². The summed E-state index contributed by atoms with van der Waals surface area (Å²) >= 11 is 0. The smallest absolute Gasteiger partial charge is 0.168 e. The minimum absolute atomic E-state index is 0.0520. The van der Waals surface area contributed by atoms with Gasteiger partial charge in [0.15, 0.2) is 5.78 Å². The van der Waals surface area contributed by atoms with Crippen molar-refractivity contribution >= 4 is 5.78 Å². The molecule has 1 aromatic rings. The SMILES string of the molecule is CC(C)(C)C(=O)c1ccc(COC2C#CCCCCC2)cc1. The van der Waals surface area contributed by atoms with Crippen LogP contribution < -0.4 is 0 Å². The maximum absolute atomic E-state index is 12.2. The Labute approximate surface area is 134 Å². The van der Waals surface area contributed by atoms with E-state index in [1.54, 1.807) is 0 Å². The van der Waals surface area contributed by atoms with Gasteiger partial charge < -0.3 is 4.74 Å². The summed E-state index contributed by atoms with van der Waals surface area (Å²) in [4.78, 5) is 12.2. The molecule has 0 N–H and O–H groups in total. The lowest BCUT2D eigenvalue weighted by atomic mass is 9.86. The van der Waals surface area contributed by atoms with Gasteiger partial charge in [-0.1, -0.05) is 57.4 Å². The summed E-state index contributed by atoms with van der Waals surface area (Å²) in [5.74, 6) is 6.58. The zero-order valence-electron chi connectivity index (χ0n) is 13.9. The van der Waals surface area contributed by atoms with Gasteiger partial charge in [0.25, 0.3) is 0 Å². The Morgan fingerprint density at radius 2 is 1.91 bits per heavy atom. The van der Waals surface area contributed by atoms with E-state index in [0.29, 0.717) is 6.61 Å². The second-order valence-electron chi connectivity index (χ2n) is 7.00. The van der Waals surface area contributed by atoms with E-state index in [-0.39, 0.29) is 17.3 Å². The fourth-order valence-electron chi connectivity index (χ4n) is 2.49. The van der Waals surface area contributed by atoms with Gasteiger partial charge in [-0.2, -0.15) is 0 Å². The molecule has 1 aliphatic carbocycles. The number of ether oxygens (including phenoxy) is 1. The molecule has 0 aromatic heterocycles. The average molecular weight is 298 g/mol. The molecule has 0 bridgehead atoms. The molecular weight excluding hydrogens is 272 g/mol. The number of rotatable bonds is 4. The fraction of sp³-hybridized carbons (Fsp3) is 0.550. The maximum atomic E-state index is 12.2. The highest BCUT2D eigenvalue weighted by molar-refractivity contribution is 5.99. The van der Waals surface area contributed by atoms with Crippen molar-refractivity contribution in [1.29, 1.82) is 0 Å². The molecule has 118 valence electrons. The number of hydrogen-bond acceptors (Lipinski definition) is 2. The van der Waals surface area contributed by atoms with Gasteiger partial charge in [-0.25, -0.2) is 0 Å². The summed E-state index contributed by atoms with van der Waals surface area (Å²) in [6.45, 7) is 6.39. The Bertz CT molecular complexity index is 552. The molecule has 0 heterocycles. The van der Waals surface area contributed by atoms with E-state index >= 15 is 0 Å². The van der Waals surface area contributed by atoms with E-state index in [1.165, 1.54) is 19.3 Å². The number of carbonyl (C=O) groups is 1. The van der Waals surface area contributed by atoms with Gasteiger partial charge in [0.05, 0.1) is 6.61 Å². The fourth-order valence-corrected chi connectivity index (χ4v) is 2.49.